The number of fused-ring (bicyclic) bond motifs is 1. The number of amides is 3. The first-order valence-corrected chi connectivity index (χ1v) is 11.3. The third kappa shape index (κ3) is 4.13. The monoisotopic (exact) mass is 437 g/mol. The molecule has 0 spiro atoms. The Labute approximate surface area is 188 Å². The van der Waals surface area contributed by atoms with Gasteiger partial charge in [0.25, 0.3) is 11.8 Å². The molecule has 2 N–H and O–H groups in total. The molecule has 3 amide bonds. The summed E-state index contributed by atoms with van der Waals surface area (Å²) in [5, 5.41) is 10.4. The fourth-order valence-electron chi connectivity index (χ4n) is 4.48. The molecular formula is C24H31N5O3. The molecule has 4 rings (SSSR count). The maximum absolute atomic E-state index is 13.1. The molecule has 8 heteroatoms. The van der Waals surface area contributed by atoms with Gasteiger partial charge in [-0.05, 0) is 31.2 Å². The molecule has 0 unspecified atom stereocenters. The SMILES string of the molecule is C[C@H](CNC(=O)c1cc2n(n1)C[C@@](C)(C(=O)NC1CCCC1)N(C)C2=O)c1ccccc1. The molecule has 170 valence electrons. The highest BCUT2D eigenvalue weighted by molar-refractivity contribution is 6.01. The van der Waals surface area contributed by atoms with Crippen LogP contribution >= 0.6 is 0 Å². The summed E-state index contributed by atoms with van der Waals surface area (Å²) in [5.41, 5.74) is 0.578. The Morgan fingerprint density at radius 3 is 2.59 bits per heavy atom. The lowest BCUT2D eigenvalue weighted by molar-refractivity contribution is -0.133. The van der Waals surface area contributed by atoms with Gasteiger partial charge in [-0.3, -0.25) is 19.1 Å². The van der Waals surface area contributed by atoms with Crippen LogP contribution in [0.25, 0.3) is 0 Å². The van der Waals surface area contributed by atoms with Crippen LogP contribution in [-0.4, -0.2) is 57.6 Å². The van der Waals surface area contributed by atoms with Gasteiger partial charge in [-0.15, -0.1) is 0 Å². The van der Waals surface area contributed by atoms with Crippen LogP contribution in [0.5, 0.6) is 0 Å². The number of hydrogen-bond acceptors (Lipinski definition) is 4. The molecule has 1 aromatic heterocycles. The predicted molar refractivity (Wildman–Crippen MR) is 120 cm³/mol. The minimum Gasteiger partial charge on any atom is -0.351 e. The Morgan fingerprint density at radius 1 is 1.22 bits per heavy atom. The minimum atomic E-state index is -1.06. The van der Waals surface area contributed by atoms with Crippen LogP contribution in [0.4, 0.5) is 0 Å². The van der Waals surface area contributed by atoms with Gasteiger partial charge in [0.15, 0.2) is 5.69 Å². The molecule has 8 nitrogen and oxygen atoms in total. The Hall–Kier alpha value is -3.16. The van der Waals surface area contributed by atoms with Crippen molar-refractivity contribution in [3.05, 3.63) is 53.3 Å². The lowest BCUT2D eigenvalue weighted by Crippen LogP contribution is -2.63. The van der Waals surface area contributed by atoms with Crippen LogP contribution in [-0.2, 0) is 11.3 Å². The van der Waals surface area contributed by atoms with E-state index in [1.165, 1.54) is 15.6 Å². The van der Waals surface area contributed by atoms with Gasteiger partial charge in [-0.25, -0.2) is 0 Å². The third-order valence-corrected chi connectivity index (χ3v) is 6.85. The van der Waals surface area contributed by atoms with E-state index in [1.807, 2.05) is 37.3 Å². The average Bonchev–Trinajstić information content (AvgIpc) is 3.46. The Bertz CT molecular complexity index is 1010. The average molecular weight is 438 g/mol. The van der Waals surface area contributed by atoms with E-state index in [0.29, 0.717) is 12.2 Å². The standard InChI is InChI=1S/C24H31N5O3/c1-16(17-9-5-4-6-10-17)14-25-21(30)19-13-20-22(31)28(3)24(2,15-29(20)27-19)23(32)26-18-11-7-8-12-18/h4-6,9-10,13,16,18H,7-8,11-12,14-15H2,1-3H3,(H,25,30)(H,26,32)/t16-,24+/m1/s1. The van der Waals surface area contributed by atoms with Crippen LogP contribution in [0, 0.1) is 0 Å². The molecule has 2 atom stereocenters. The number of likely N-dealkylation sites (N-methyl/N-ethyl adjacent to an activating group) is 1. The smallest absolute Gasteiger partial charge is 0.272 e. The van der Waals surface area contributed by atoms with E-state index in [-0.39, 0.29) is 41.9 Å². The van der Waals surface area contributed by atoms with Gasteiger partial charge < -0.3 is 15.5 Å². The molecule has 1 aliphatic carbocycles. The molecule has 2 aliphatic rings. The highest BCUT2D eigenvalue weighted by Crippen LogP contribution is 2.27. The zero-order valence-corrected chi connectivity index (χ0v) is 18.9. The molecule has 2 aromatic rings. The van der Waals surface area contributed by atoms with E-state index < -0.39 is 5.54 Å². The summed E-state index contributed by atoms with van der Waals surface area (Å²) in [4.78, 5) is 40.3. The molecule has 1 aliphatic heterocycles. The molecule has 0 bridgehead atoms. The fourth-order valence-corrected chi connectivity index (χ4v) is 4.48. The summed E-state index contributed by atoms with van der Waals surface area (Å²) in [6, 6.07) is 11.6. The Kier molecular flexibility index (Phi) is 6.04. The topological polar surface area (TPSA) is 96.3 Å². The van der Waals surface area contributed by atoms with Crippen LogP contribution in [0.3, 0.4) is 0 Å². The second kappa shape index (κ2) is 8.76. The fraction of sp³-hybridized carbons (Fsp3) is 0.500. The number of carbonyl (C=O) groups is 3. The van der Waals surface area contributed by atoms with Crippen molar-refractivity contribution in [3.63, 3.8) is 0 Å². The quantitative estimate of drug-likeness (QED) is 0.725. The first kappa shape index (κ1) is 22.0. The molecule has 0 saturated heterocycles. The van der Waals surface area contributed by atoms with Crippen molar-refractivity contribution in [3.8, 4) is 0 Å². The van der Waals surface area contributed by atoms with E-state index in [4.69, 9.17) is 0 Å². The maximum Gasteiger partial charge on any atom is 0.272 e. The van der Waals surface area contributed by atoms with Gasteiger partial charge in [0.2, 0.25) is 5.91 Å². The Balaban J connectivity index is 1.46. The summed E-state index contributed by atoms with van der Waals surface area (Å²) in [6.07, 6.45) is 4.17. The van der Waals surface area contributed by atoms with Gasteiger partial charge in [-0.2, -0.15) is 5.10 Å². The summed E-state index contributed by atoms with van der Waals surface area (Å²) in [6.45, 7) is 4.46. The lowest BCUT2D eigenvalue weighted by atomic mass is 9.95. The van der Waals surface area contributed by atoms with Gasteiger partial charge in [0.05, 0.1) is 6.54 Å². The number of carbonyl (C=O) groups excluding carboxylic acids is 3. The number of nitrogens with zero attached hydrogens (tertiary/aromatic N) is 3. The van der Waals surface area contributed by atoms with E-state index in [2.05, 4.69) is 15.7 Å². The van der Waals surface area contributed by atoms with Crippen LogP contribution in [0.2, 0.25) is 0 Å². The number of hydrogen-bond donors (Lipinski definition) is 2. The van der Waals surface area contributed by atoms with E-state index >= 15 is 0 Å². The number of aromatic nitrogens is 2. The third-order valence-electron chi connectivity index (χ3n) is 6.85. The van der Waals surface area contributed by atoms with Crippen LogP contribution in [0.15, 0.2) is 36.4 Å². The molecular weight excluding hydrogens is 406 g/mol. The molecule has 1 fully saturated rings. The summed E-state index contributed by atoms with van der Waals surface area (Å²) in [5.74, 6) is -0.677. The second-order valence-electron chi connectivity index (χ2n) is 9.19. The summed E-state index contributed by atoms with van der Waals surface area (Å²) in [7, 11) is 1.63. The normalized spacial score (nSPS) is 21.8. The van der Waals surface area contributed by atoms with Crippen molar-refractivity contribution in [2.45, 2.75) is 63.6 Å². The van der Waals surface area contributed by atoms with Gasteiger partial charge in [-0.1, -0.05) is 50.1 Å². The van der Waals surface area contributed by atoms with Crippen molar-refractivity contribution in [1.29, 1.82) is 0 Å². The zero-order valence-electron chi connectivity index (χ0n) is 18.9. The van der Waals surface area contributed by atoms with Gasteiger partial charge in [0, 0.05) is 25.7 Å². The molecule has 0 radical (unpaired) electrons. The highest BCUT2D eigenvalue weighted by atomic mass is 16.2. The van der Waals surface area contributed by atoms with Gasteiger partial charge in [0.1, 0.15) is 11.2 Å². The molecule has 32 heavy (non-hydrogen) atoms. The van der Waals surface area contributed by atoms with Crippen molar-refractivity contribution in [2.24, 2.45) is 0 Å². The maximum atomic E-state index is 13.1. The van der Waals surface area contributed by atoms with Crippen molar-refractivity contribution < 1.29 is 14.4 Å². The number of benzene rings is 1. The van der Waals surface area contributed by atoms with Crippen molar-refractivity contribution in [1.82, 2.24) is 25.3 Å². The predicted octanol–water partition coefficient (Wildman–Crippen LogP) is 2.32. The number of nitrogens with one attached hydrogen (secondary N) is 2. The first-order chi connectivity index (χ1) is 15.3. The largest absolute Gasteiger partial charge is 0.351 e. The first-order valence-electron chi connectivity index (χ1n) is 11.3. The van der Waals surface area contributed by atoms with Crippen molar-refractivity contribution in [2.75, 3.05) is 13.6 Å². The molecule has 1 aromatic carbocycles. The van der Waals surface area contributed by atoms with E-state index in [1.54, 1.807) is 14.0 Å². The van der Waals surface area contributed by atoms with Gasteiger partial charge >= 0.3 is 0 Å². The molecule has 1 saturated carbocycles. The minimum absolute atomic E-state index is 0.146. The molecule has 2 heterocycles. The lowest BCUT2D eigenvalue weighted by Gasteiger charge is -2.41. The number of rotatable bonds is 6. The van der Waals surface area contributed by atoms with Crippen LogP contribution in [0.1, 0.15) is 72.0 Å². The van der Waals surface area contributed by atoms with Crippen molar-refractivity contribution >= 4 is 17.7 Å². The Morgan fingerprint density at radius 2 is 1.91 bits per heavy atom. The summed E-state index contributed by atoms with van der Waals surface area (Å²) < 4.78 is 1.49. The van der Waals surface area contributed by atoms with E-state index in [0.717, 1.165) is 31.2 Å². The van der Waals surface area contributed by atoms with Crippen LogP contribution < -0.4 is 10.6 Å². The summed E-state index contributed by atoms with van der Waals surface area (Å²) >= 11 is 0. The van der Waals surface area contributed by atoms with E-state index in [9.17, 15) is 14.4 Å². The second-order valence-corrected chi connectivity index (χ2v) is 9.19. The highest BCUT2D eigenvalue weighted by Gasteiger charge is 2.46. The zero-order chi connectivity index (χ0) is 22.9.